The number of amides is 1. The summed E-state index contributed by atoms with van der Waals surface area (Å²) in [7, 11) is 1.37. The van der Waals surface area contributed by atoms with Gasteiger partial charge in [0.2, 0.25) is 11.5 Å². The van der Waals surface area contributed by atoms with Crippen LogP contribution in [-0.2, 0) is 17.4 Å². The second-order valence-corrected chi connectivity index (χ2v) is 5.92. The lowest BCUT2D eigenvalue weighted by Gasteiger charge is -2.32. The summed E-state index contributed by atoms with van der Waals surface area (Å²) in [6.45, 7) is 3.37. The molecule has 1 rings (SSSR count). The number of nitrogens with two attached hydrogens (primary N) is 1. The molecule has 138 valence electrons. The number of nitrogens with one attached hydrogen (secondary N) is 1. The Morgan fingerprint density at radius 2 is 1.96 bits per heavy atom. The van der Waals surface area contributed by atoms with Crippen molar-refractivity contribution in [1.29, 1.82) is 0 Å². The highest BCUT2D eigenvalue weighted by Crippen LogP contribution is 2.40. The number of carbonyl (C=O) groups is 1. The fraction of sp³-hybridized carbons (Fsp3) is 0.733. The lowest BCUT2D eigenvalue weighted by Crippen LogP contribution is -2.49. The van der Waals surface area contributed by atoms with Crippen LogP contribution in [0, 0.1) is 5.41 Å². The Morgan fingerprint density at radius 1 is 1.38 bits per heavy atom. The molecular formula is C15H25F3N4O2. The maximum Gasteiger partial charge on any atom is 0.424 e. The summed E-state index contributed by atoms with van der Waals surface area (Å²) in [5.74, 6) is -0.917. The predicted octanol–water partition coefficient (Wildman–Crippen LogP) is 1.44. The number of rotatable bonds is 8. The Balaban J connectivity index is 2.89. The number of halogens is 3. The molecule has 4 N–H and O–H groups in total. The first-order valence-corrected chi connectivity index (χ1v) is 7.83. The average molecular weight is 350 g/mol. The molecule has 1 aromatic rings. The van der Waals surface area contributed by atoms with Crippen LogP contribution in [-0.4, -0.2) is 39.8 Å². The number of aromatic nitrogens is 2. The smallest absolute Gasteiger partial charge is 0.374 e. The van der Waals surface area contributed by atoms with Gasteiger partial charge in [0.1, 0.15) is 5.82 Å². The fourth-order valence-electron chi connectivity index (χ4n) is 2.64. The predicted molar refractivity (Wildman–Crippen MR) is 82.9 cm³/mol. The van der Waals surface area contributed by atoms with E-state index >= 15 is 0 Å². The number of hydrogen-bond donors (Lipinski definition) is 3. The lowest BCUT2D eigenvalue weighted by atomic mass is 9.81. The second kappa shape index (κ2) is 7.52. The summed E-state index contributed by atoms with van der Waals surface area (Å²) >= 11 is 0. The molecule has 0 saturated carbocycles. The second-order valence-electron chi connectivity index (χ2n) is 5.92. The van der Waals surface area contributed by atoms with Gasteiger partial charge in [0.15, 0.2) is 0 Å². The molecule has 0 radical (unpaired) electrons. The summed E-state index contributed by atoms with van der Waals surface area (Å²) in [4.78, 5) is 15.9. The normalized spacial score (nSPS) is 15.2. The molecule has 0 fully saturated rings. The van der Waals surface area contributed by atoms with E-state index in [0.29, 0.717) is 12.8 Å². The molecule has 0 aliphatic rings. The Morgan fingerprint density at radius 3 is 2.33 bits per heavy atom. The minimum absolute atomic E-state index is 0.106. The van der Waals surface area contributed by atoms with Gasteiger partial charge in [0, 0.05) is 39.0 Å². The van der Waals surface area contributed by atoms with Gasteiger partial charge in [-0.25, -0.2) is 4.98 Å². The molecule has 0 saturated heterocycles. The Kier molecular flexibility index (Phi) is 6.40. The first kappa shape index (κ1) is 20.4. The van der Waals surface area contributed by atoms with E-state index in [-0.39, 0.29) is 13.1 Å². The van der Waals surface area contributed by atoms with Crippen LogP contribution in [0.25, 0.3) is 0 Å². The largest absolute Gasteiger partial charge is 0.424 e. The molecule has 6 nitrogen and oxygen atoms in total. The number of alkyl halides is 3. The van der Waals surface area contributed by atoms with Crippen molar-refractivity contribution >= 4 is 5.91 Å². The average Bonchev–Trinajstić information content (AvgIpc) is 2.95. The highest BCUT2D eigenvalue weighted by atomic mass is 19.4. The SMILES string of the molecule is CCC(CC)(CN)C(=O)NCCC(O)(c1nccn1C)C(F)(F)F. The zero-order chi connectivity index (χ0) is 18.6. The van der Waals surface area contributed by atoms with Gasteiger partial charge in [-0.2, -0.15) is 13.2 Å². The number of hydrogen-bond acceptors (Lipinski definition) is 4. The van der Waals surface area contributed by atoms with Crippen LogP contribution in [0.2, 0.25) is 0 Å². The lowest BCUT2D eigenvalue weighted by molar-refractivity contribution is -0.272. The molecule has 0 aliphatic heterocycles. The van der Waals surface area contributed by atoms with Crippen molar-refractivity contribution in [3.8, 4) is 0 Å². The zero-order valence-electron chi connectivity index (χ0n) is 14.2. The molecule has 9 heteroatoms. The Bertz CT molecular complexity index is 547. The topological polar surface area (TPSA) is 93.2 Å². The van der Waals surface area contributed by atoms with Crippen molar-refractivity contribution in [3.63, 3.8) is 0 Å². The van der Waals surface area contributed by atoms with Crippen LogP contribution in [0.4, 0.5) is 13.2 Å². The van der Waals surface area contributed by atoms with Crippen molar-refractivity contribution in [2.45, 2.75) is 44.9 Å². The van der Waals surface area contributed by atoms with Crippen LogP contribution in [0.15, 0.2) is 12.4 Å². The molecule has 1 aromatic heterocycles. The van der Waals surface area contributed by atoms with Gasteiger partial charge >= 0.3 is 6.18 Å². The van der Waals surface area contributed by atoms with Gasteiger partial charge in [-0.1, -0.05) is 13.8 Å². The van der Waals surface area contributed by atoms with Crippen molar-refractivity contribution < 1.29 is 23.1 Å². The highest BCUT2D eigenvalue weighted by Gasteiger charge is 2.57. The number of aryl methyl sites for hydroxylation is 1. The van der Waals surface area contributed by atoms with E-state index in [9.17, 15) is 23.1 Å². The highest BCUT2D eigenvalue weighted by molar-refractivity contribution is 5.82. The van der Waals surface area contributed by atoms with E-state index < -0.39 is 35.3 Å². The van der Waals surface area contributed by atoms with Gasteiger partial charge in [-0.15, -0.1) is 0 Å². The van der Waals surface area contributed by atoms with E-state index in [4.69, 9.17) is 5.73 Å². The standard InChI is InChI=1S/C15H25F3N4O2/c1-4-13(5-2,10-19)12(23)21-7-6-14(24,15(16,17)18)11-20-8-9-22(11)3/h8-9,24H,4-7,10,19H2,1-3H3,(H,21,23). The zero-order valence-corrected chi connectivity index (χ0v) is 14.2. The van der Waals surface area contributed by atoms with Gasteiger partial charge < -0.3 is 20.7 Å². The molecular weight excluding hydrogens is 325 g/mol. The first-order chi connectivity index (χ1) is 11.1. The van der Waals surface area contributed by atoms with Crippen molar-refractivity contribution in [1.82, 2.24) is 14.9 Å². The summed E-state index contributed by atoms with van der Waals surface area (Å²) in [6, 6.07) is 0. The molecule has 1 atom stereocenters. The van der Waals surface area contributed by atoms with Gasteiger partial charge in [-0.3, -0.25) is 4.79 Å². The third kappa shape index (κ3) is 3.72. The summed E-state index contributed by atoms with van der Waals surface area (Å²) in [5, 5.41) is 12.7. The van der Waals surface area contributed by atoms with E-state index in [2.05, 4.69) is 10.3 Å². The minimum atomic E-state index is -4.92. The summed E-state index contributed by atoms with van der Waals surface area (Å²) in [5.41, 5.74) is 1.71. The third-order valence-corrected chi connectivity index (χ3v) is 4.66. The van der Waals surface area contributed by atoms with E-state index in [0.717, 1.165) is 4.57 Å². The molecule has 1 unspecified atom stereocenters. The Hall–Kier alpha value is -1.61. The molecule has 0 bridgehead atoms. The van der Waals surface area contributed by atoms with Gasteiger partial charge in [0.05, 0.1) is 5.41 Å². The minimum Gasteiger partial charge on any atom is -0.374 e. The maximum atomic E-state index is 13.4. The van der Waals surface area contributed by atoms with Crippen LogP contribution < -0.4 is 11.1 Å². The van der Waals surface area contributed by atoms with Crippen LogP contribution in [0.3, 0.4) is 0 Å². The number of carbonyl (C=O) groups excluding carboxylic acids is 1. The van der Waals surface area contributed by atoms with Crippen molar-refractivity contribution in [2.75, 3.05) is 13.1 Å². The van der Waals surface area contributed by atoms with Crippen LogP contribution in [0.1, 0.15) is 38.9 Å². The molecule has 1 heterocycles. The number of nitrogens with zero attached hydrogens (tertiary/aromatic N) is 2. The quantitative estimate of drug-likeness (QED) is 0.661. The third-order valence-electron chi connectivity index (χ3n) is 4.66. The first-order valence-electron chi connectivity index (χ1n) is 7.83. The molecule has 24 heavy (non-hydrogen) atoms. The molecule has 0 aromatic carbocycles. The van der Waals surface area contributed by atoms with Gasteiger partial charge in [0.25, 0.3) is 0 Å². The van der Waals surface area contributed by atoms with Crippen molar-refractivity contribution in [3.05, 3.63) is 18.2 Å². The van der Waals surface area contributed by atoms with Crippen LogP contribution in [0.5, 0.6) is 0 Å². The van der Waals surface area contributed by atoms with E-state index in [1.54, 1.807) is 13.8 Å². The van der Waals surface area contributed by atoms with Crippen LogP contribution >= 0.6 is 0 Å². The number of aliphatic hydroxyl groups is 1. The summed E-state index contributed by atoms with van der Waals surface area (Å²) < 4.78 is 41.2. The molecule has 1 amide bonds. The summed E-state index contributed by atoms with van der Waals surface area (Å²) in [6.07, 6.45) is -2.20. The van der Waals surface area contributed by atoms with E-state index in [1.807, 2.05) is 0 Å². The maximum absolute atomic E-state index is 13.4. The Labute approximate surface area is 139 Å². The molecule has 0 spiro atoms. The van der Waals surface area contributed by atoms with Crippen molar-refractivity contribution in [2.24, 2.45) is 18.2 Å². The molecule has 0 aliphatic carbocycles. The number of imidazole rings is 1. The van der Waals surface area contributed by atoms with E-state index in [1.165, 1.54) is 19.4 Å². The fourth-order valence-corrected chi connectivity index (χ4v) is 2.64. The van der Waals surface area contributed by atoms with Gasteiger partial charge in [-0.05, 0) is 12.8 Å². The monoisotopic (exact) mass is 350 g/mol.